The SMILES string of the molecule is CC1CCc2nc(NC(=O)CCc3ncc(-c4ccccc4Cl)o3)sc2C1. The number of fused-ring (bicyclic) bond motifs is 1. The minimum Gasteiger partial charge on any atom is -0.441 e. The molecule has 1 amide bonds. The quantitative estimate of drug-likeness (QED) is 0.642. The van der Waals surface area contributed by atoms with Gasteiger partial charge in [-0.3, -0.25) is 4.79 Å². The van der Waals surface area contributed by atoms with Gasteiger partial charge in [0.05, 0.1) is 16.9 Å². The number of aromatic nitrogens is 2. The molecule has 0 spiro atoms. The Labute approximate surface area is 166 Å². The van der Waals surface area contributed by atoms with E-state index in [-0.39, 0.29) is 5.91 Å². The van der Waals surface area contributed by atoms with E-state index in [0.29, 0.717) is 40.6 Å². The van der Waals surface area contributed by atoms with Gasteiger partial charge in [-0.1, -0.05) is 30.7 Å². The summed E-state index contributed by atoms with van der Waals surface area (Å²) in [4.78, 5) is 22.4. The Bertz CT molecular complexity index is 966. The summed E-state index contributed by atoms with van der Waals surface area (Å²) in [6.45, 7) is 2.26. The molecule has 27 heavy (non-hydrogen) atoms. The summed E-state index contributed by atoms with van der Waals surface area (Å²) in [5.41, 5.74) is 1.94. The number of halogens is 1. The Hall–Kier alpha value is -2.18. The fourth-order valence-electron chi connectivity index (χ4n) is 3.21. The number of hydrogen-bond acceptors (Lipinski definition) is 5. The van der Waals surface area contributed by atoms with Crippen molar-refractivity contribution < 1.29 is 9.21 Å². The molecule has 1 aliphatic carbocycles. The maximum absolute atomic E-state index is 12.3. The predicted octanol–water partition coefficient (Wildman–Crippen LogP) is 5.15. The standard InChI is InChI=1S/C20H20ClN3O2S/c1-12-6-7-15-17(10-12)27-20(23-15)24-18(25)8-9-19-22-11-16(26-19)13-4-2-3-5-14(13)21/h2-5,11-12H,6-10H2,1H3,(H,23,24,25). The van der Waals surface area contributed by atoms with E-state index >= 15 is 0 Å². The number of nitrogens with one attached hydrogen (secondary N) is 1. The van der Waals surface area contributed by atoms with Gasteiger partial charge >= 0.3 is 0 Å². The van der Waals surface area contributed by atoms with Crippen molar-refractivity contribution in [3.8, 4) is 11.3 Å². The molecular weight excluding hydrogens is 382 g/mol. The van der Waals surface area contributed by atoms with Gasteiger partial charge in [0.2, 0.25) is 5.91 Å². The van der Waals surface area contributed by atoms with E-state index in [1.165, 1.54) is 11.3 Å². The number of hydrogen-bond donors (Lipinski definition) is 1. The third-order valence-corrected chi connectivity index (χ3v) is 6.06. The third kappa shape index (κ3) is 4.22. The number of rotatable bonds is 5. The van der Waals surface area contributed by atoms with E-state index in [1.807, 2.05) is 18.2 Å². The molecule has 0 radical (unpaired) electrons. The number of thiazole rings is 1. The summed E-state index contributed by atoms with van der Waals surface area (Å²) in [7, 11) is 0. The Morgan fingerprint density at radius 1 is 1.41 bits per heavy atom. The molecule has 140 valence electrons. The lowest BCUT2D eigenvalue weighted by atomic mass is 9.93. The molecule has 2 heterocycles. The minimum atomic E-state index is -0.0772. The molecule has 1 atom stereocenters. The number of carbonyl (C=O) groups excluding carboxylic acids is 1. The molecule has 0 fully saturated rings. The van der Waals surface area contributed by atoms with Gasteiger partial charge in [0.25, 0.3) is 0 Å². The van der Waals surface area contributed by atoms with Crippen LogP contribution in [0.3, 0.4) is 0 Å². The van der Waals surface area contributed by atoms with Crippen LogP contribution in [0, 0.1) is 5.92 Å². The van der Waals surface area contributed by atoms with Gasteiger partial charge in [-0.2, -0.15) is 0 Å². The van der Waals surface area contributed by atoms with E-state index in [4.69, 9.17) is 16.0 Å². The first-order valence-corrected chi connectivity index (χ1v) is 10.3. The van der Waals surface area contributed by atoms with Gasteiger partial charge in [-0.05, 0) is 37.3 Å². The minimum absolute atomic E-state index is 0.0772. The number of aryl methyl sites for hydroxylation is 2. The Morgan fingerprint density at radius 2 is 2.26 bits per heavy atom. The van der Waals surface area contributed by atoms with Crippen molar-refractivity contribution in [2.75, 3.05) is 5.32 Å². The normalized spacial score (nSPS) is 16.1. The molecule has 0 aliphatic heterocycles. The maximum atomic E-state index is 12.3. The van der Waals surface area contributed by atoms with E-state index in [0.717, 1.165) is 24.1 Å². The van der Waals surface area contributed by atoms with Gasteiger partial charge in [-0.25, -0.2) is 9.97 Å². The number of oxazole rings is 1. The zero-order chi connectivity index (χ0) is 18.8. The van der Waals surface area contributed by atoms with E-state index in [9.17, 15) is 4.79 Å². The average molecular weight is 402 g/mol. The van der Waals surface area contributed by atoms with Crippen LogP contribution in [0.2, 0.25) is 5.02 Å². The molecule has 0 saturated carbocycles. The maximum Gasteiger partial charge on any atom is 0.226 e. The highest BCUT2D eigenvalue weighted by molar-refractivity contribution is 7.15. The summed E-state index contributed by atoms with van der Waals surface area (Å²) in [5.74, 6) is 1.75. The van der Waals surface area contributed by atoms with Crippen LogP contribution in [0.25, 0.3) is 11.3 Å². The molecule has 3 aromatic rings. The smallest absolute Gasteiger partial charge is 0.226 e. The molecule has 0 saturated heterocycles. The topological polar surface area (TPSA) is 68.0 Å². The highest BCUT2D eigenvalue weighted by Crippen LogP contribution is 2.32. The summed E-state index contributed by atoms with van der Waals surface area (Å²) < 4.78 is 5.74. The molecule has 0 bridgehead atoms. The van der Waals surface area contributed by atoms with Crippen molar-refractivity contribution in [3.63, 3.8) is 0 Å². The lowest BCUT2D eigenvalue weighted by Gasteiger charge is -2.15. The molecule has 5 nitrogen and oxygen atoms in total. The molecule has 1 unspecified atom stereocenters. The van der Waals surface area contributed by atoms with E-state index in [2.05, 4.69) is 22.2 Å². The van der Waals surface area contributed by atoms with Crippen molar-refractivity contribution in [1.29, 1.82) is 0 Å². The van der Waals surface area contributed by atoms with E-state index in [1.54, 1.807) is 23.6 Å². The van der Waals surface area contributed by atoms with Crippen LogP contribution < -0.4 is 5.32 Å². The summed E-state index contributed by atoms with van der Waals surface area (Å²) in [6, 6.07) is 7.45. The average Bonchev–Trinajstić information content (AvgIpc) is 3.26. The van der Waals surface area contributed by atoms with Crippen molar-refractivity contribution in [3.05, 3.63) is 51.9 Å². The largest absolute Gasteiger partial charge is 0.441 e. The Balaban J connectivity index is 1.34. The molecule has 7 heteroatoms. The van der Waals surface area contributed by atoms with Gasteiger partial charge < -0.3 is 9.73 Å². The fraction of sp³-hybridized carbons (Fsp3) is 0.350. The lowest BCUT2D eigenvalue weighted by Crippen LogP contribution is -2.12. The summed E-state index contributed by atoms with van der Waals surface area (Å²) in [5, 5.41) is 4.22. The van der Waals surface area contributed by atoms with Crippen LogP contribution in [-0.2, 0) is 24.1 Å². The molecule has 2 aromatic heterocycles. The van der Waals surface area contributed by atoms with Gasteiger partial charge in [-0.15, -0.1) is 11.3 Å². The van der Waals surface area contributed by atoms with E-state index < -0.39 is 0 Å². The molecular formula is C20H20ClN3O2S. The summed E-state index contributed by atoms with van der Waals surface area (Å²) >= 11 is 7.78. The molecule has 1 aliphatic rings. The van der Waals surface area contributed by atoms with Crippen molar-refractivity contribution in [2.45, 2.75) is 39.0 Å². The van der Waals surface area contributed by atoms with Gasteiger partial charge in [0.1, 0.15) is 0 Å². The lowest BCUT2D eigenvalue weighted by molar-refractivity contribution is -0.116. The fourth-order valence-corrected chi connectivity index (χ4v) is 4.62. The Morgan fingerprint density at radius 3 is 3.11 bits per heavy atom. The van der Waals surface area contributed by atoms with Crippen LogP contribution in [0.5, 0.6) is 0 Å². The van der Waals surface area contributed by atoms with Crippen molar-refractivity contribution in [2.24, 2.45) is 5.92 Å². The van der Waals surface area contributed by atoms with Crippen LogP contribution in [0.4, 0.5) is 5.13 Å². The third-order valence-electron chi connectivity index (χ3n) is 4.69. The first-order valence-electron chi connectivity index (χ1n) is 9.06. The first kappa shape index (κ1) is 18.2. The zero-order valence-electron chi connectivity index (χ0n) is 15.0. The second kappa shape index (κ2) is 7.82. The Kier molecular flexibility index (Phi) is 5.27. The van der Waals surface area contributed by atoms with Crippen LogP contribution in [-0.4, -0.2) is 15.9 Å². The second-order valence-electron chi connectivity index (χ2n) is 6.88. The zero-order valence-corrected chi connectivity index (χ0v) is 16.6. The molecule has 1 aromatic carbocycles. The summed E-state index contributed by atoms with van der Waals surface area (Å²) in [6.07, 6.45) is 5.60. The first-order chi connectivity index (χ1) is 13.1. The predicted molar refractivity (Wildman–Crippen MR) is 107 cm³/mol. The highest BCUT2D eigenvalue weighted by Gasteiger charge is 2.20. The number of anilines is 1. The van der Waals surface area contributed by atoms with Crippen LogP contribution >= 0.6 is 22.9 Å². The van der Waals surface area contributed by atoms with Crippen LogP contribution in [0.15, 0.2) is 34.9 Å². The molecule has 1 N–H and O–H groups in total. The second-order valence-corrected chi connectivity index (χ2v) is 8.37. The monoisotopic (exact) mass is 401 g/mol. The number of nitrogens with zero attached hydrogens (tertiary/aromatic N) is 2. The number of amides is 1. The van der Waals surface area contributed by atoms with Crippen LogP contribution in [0.1, 0.15) is 36.2 Å². The highest BCUT2D eigenvalue weighted by atomic mass is 35.5. The molecule has 4 rings (SSSR count). The number of carbonyl (C=O) groups is 1. The number of benzene rings is 1. The van der Waals surface area contributed by atoms with Gasteiger partial charge in [0, 0.05) is 23.3 Å². The van der Waals surface area contributed by atoms with Crippen molar-refractivity contribution in [1.82, 2.24) is 9.97 Å². The van der Waals surface area contributed by atoms with Crippen molar-refractivity contribution >= 4 is 34.0 Å². The van der Waals surface area contributed by atoms with Gasteiger partial charge in [0.15, 0.2) is 16.8 Å².